The van der Waals surface area contributed by atoms with Gasteiger partial charge < -0.3 is 24.4 Å². The molecule has 0 fully saturated rings. The summed E-state index contributed by atoms with van der Waals surface area (Å²) in [5, 5.41) is 3.57. The molecular formula is C32H39Cl2N3O7S. The van der Waals surface area contributed by atoms with Crippen LogP contribution >= 0.6 is 23.2 Å². The molecule has 2 unspecified atom stereocenters. The zero-order chi connectivity index (χ0) is 33.3. The first-order chi connectivity index (χ1) is 21.4. The molecule has 0 bridgehead atoms. The summed E-state index contributed by atoms with van der Waals surface area (Å²) in [7, 11) is -0.261. The SMILES string of the molecule is CCC(C)NC(=O)C(CC)N(Cc1ccccc1Cl)C(=O)CN(c1cc(Cl)ccc1OC)S(=O)(=O)c1ccc(OC)c(OC)c1. The van der Waals surface area contributed by atoms with E-state index in [1.807, 2.05) is 13.8 Å². The molecule has 0 spiro atoms. The molecule has 3 aromatic rings. The number of rotatable bonds is 15. The molecule has 0 aliphatic heterocycles. The maximum atomic E-state index is 14.4. The first-order valence-electron chi connectivity index (χ1n) is 14.3. The topological polar surface area (TPSA) is 114 Å². The Morgan fingerprint density at radius 2 is 1.51 bits per heavy atom. The number of nitrogens with one attached hydrogen (secondary N) is 1. The molecule has 2 amide bonds. The van der Waals surface area contributed by atoms with Crippen molar-refractivity contribution in [1.82, 2.24) is 10.2 Å². The predicted molar refractivity (Wildman–Crippen MR) is 176 cm³/mol. The molecule has 2 atom stereocenters. The highest BCUT2D eigenvalue weighted by Gasteiger charge is 2.35. The summed E-state index contributed by atoms with van der Waals surface area (Å²) in [4.78, 5) is 29.0. The monoisotopic (exact) mass is 679 g/mol. The molecule has 13 heteroatoms. The average Bonchev–Trinajstić information content (AvgIpc) is 3.03. The van der Waals surface area contributed by atoms with Crippen LogP contribution in [0.25, 0.3) is 0 Å². The largest absolute Gasteiger partial charge is 0.495 e. The van der Waals surface area contributed by atoms with Gasteiger partial charge in [-0.25, -0.2) is 8.42 Å². The minimum atomic E-state index is -4.46. The van der Waals surface area contributed by atoms with Gasteiger partial charge in [0.05, 0.1) is 31.9 Å². The molecule has 1 N–H and O–H groups in total. The Balaban J connectivity index is 2.19. The minimum Gasteiger partial charge on any atom is -0.495 e. The summed E-state index contributed by atoms with van der Waals surface area (Å²) < 4.78 is 45.8. The minimum absolute atomic E-state index is 0.0305. The molecule has 0 aliphatic rings. The number of benzene rings is 3. The van der Waals surface area contributed by atoms with Crippen molar-refractivity contribution in [1.29, 1.82) is 0 Å². The van der Waals surface area contributed by atoms with Gasteiger partial charge in [-0.15, -0.1) is 0 Å². The van der Waals surface area contributed by atoms with E-state index < -0.39 is 28.5 Å². The molecule has 45 heavy (non-hydrogen) atoms. The highest BCUT2D eigenvalue weighted by molar-refractivity contribution is 7.92. The maximum Gasteiger partial charge on any atom is 0.265 e. The second-order valence-electron chi connectivity index (χ2n) is 10.2. The van der Waals surface area contributed by atoms with Gasteiger partial charge in [-0.05, 0) is 61.7 Å². The molecule has 10 nitrogen and oxygen atoms in total. The van der Waals surface area contributed by atoms with Crippen LogP contribution in [0.2, 0.25) is 10.0 Å². The van der Waals surface area contributed by atoms with E-state index in [-0.39, 0.29) is 52.0 Å². The van der Waals surface area contributed by atoms with Crippen molar-refractivity contribution in [2.45, 2.75) is 57.1 Å². The Hall–Kier alpha value is -3.67. The highest BCUT2D eigenvalue weighted by Crippen LogP contribution is 2.37. The van der Waals surface area contributed by atoms with Crippen LogP contribution in [0.5, 0.6) is 17.2 Å². The molecular weight excluding hydrogens is 641 g/mol. The third-order valence-electron chi connectivity index (χ3n) is 7.32. The Kier molecular flexibility index (Phi) is 12.8. The summed E-state index contributed by atoms with van der Waals surface area (Å²) in [6.07, 6.45) is 0.952. The fourth-order valence-corrected chi connectivity index (χ4v) is 6.44. The van der Waals surface area contributed by atoms with Crippen LogP contribution in [-0.2, 0) is 26.2 Å². The molecule has 0 saturated heterocycles. The van der Waals surface area contributed by atoms with Crippen LogP contribution in [0.1, 0.15) is 39.2 Å². The number of nitrogens with zero attached hydrogens (tertiary/aromatic N) is 2. The normalized spacial score (nSPS) is 12.5. The molecule has 0 heterocycles. The Bertz CT molecular complexity index is 1600. The number of anilines is 1. The molecule has 244 valence electrons. The molecule has 0 saturated carbocycles. The Morgan fingerprint density at radius 3 is 2.11 bits per heavy atom. The van der Waals surface area contributed by atoms with Crippen molar-refractivity contribution in [2.24, 2.45) is 0 Å². The number of halogens is 2. The van der Waals surface area contributed by atoms with Gasteiger partial charge in [0.15, 0.2) is 11.5 Å². The molecule has 0 aromatic heterocycles. The molecule has 3 aromatic carbocycles. The highest BCUT2D eigenvalue weighted by atomic mass is 35.5. The van der Waals surface area contributed by atoms with Crippen LogP contribution in [0.15, 0.2) is 65.6 Å². The number of hydrogen-bond donors (Lipinski definition) is 1. The van der Waals surface area contributed by atoms with Crippen molar-refractivity contribution in [3.63, 3.8) is 0 Å². The average molecular weight is 681 g/mol. The lowest BCUT2D eigenvalue weighted by Gasteiger charge is -2.34. The van der Waals surface area contributed by atoms with Crippen LogP contribution < -0.4 is 23.8 Å². The summed E-state index contributed by atoms with van der Waals surface area (Å²) >= 11 is 12.8. The second kappa shape index (κ2) is 16.1. The number of carbonyl (C=O) groups excluding carboxylic acids is 2. The van der Waals surface area contributed by atoms with Crippen molar-refractivity contribution in [3.8, 4) is 17.2 Å². The lowest BCUT2D eigenvalue weighted by atomic mass is 10.1. The van der Waals surface area contributed by atoms with E-state index in [0.29, 0.717) is 22.8 Å². The lowest BCUT2D eigenvalue weighted by Crippen LogP contribution is -2.53. The summed E-state index contributed by atoms with van der Waals surface area (Å²) in [5.74, 6) is -0.344. The van der Waals surface area contributed by atoms with Crippen molar-refractivity contribution < 1.29 is 32.2 Å². The number of ether oxygens (including phenoxy) is 3. The number of hydrogen-bond acceptors (Lipinski definition) is 7. The third kappa shape index (κ3) is 8.53. The predicted octanol–water partition coefficient (Wildman–Crippen LogP) is 5.94. The van der Waals surface area contributed by atoms with Gasteiger partial charge in [0, 0.05) is 28.7 Å². The van der Waals surface area contributed by atoms with Gasteiger partial charge in [-0.3, -0.25) is 13.9 Å². The van der Waals surface area contributed by atoms with Crippen LogP contribution in [-0.4, -0.2) is 65.1 Å². The van der Waals surface area contributed by atoms with E-state index in [1.54, 1.807) is 37.3 Å². The van der Waals surface area contributed by atoms with Gasteiger partial charge in [0.25, 0.3) is 10.0 Å². The number of methoxy groups -OCH3 is 3. The fourth-order valence-electron chi connectivity index (χ4n) is 4.65. The van der Waals surface area contributed by atoms with Gasteiger partial charge in [-0.2, -0.15) is 0 Å². The van der Waals surface area contributed by atoms with Crippen molar-refractivity contribution in [3.05, 3.63) is 76.3 Å². The first-order valence-corrected chi connectivity index (χ1v) is 16.5. The fraction of sp³-hybridized carbons (Fsp3) is 0.375. The standard InChI is InChI=1S/C32H39Cl2N3O7S/c1-7-21(3)35-32(39)26(8-2)36(19-22-11-9-10-12-25(22)34)31(38)20-37(27-17-23(33)13-15-28(27)42-4)45(40,41)24-14-16-29(43-5)30(18-24)44-6/h9-18,21,26H,7-8,19-20H2,1-6H3,(H,35,39). The Morgan fingerprint density at radius 1 is 0.867 bits per heavy atom. The van der Waals surface area contributed by atoms with Gasteiger partial charge in [-0.1, -0.05) is 55.2 Å². The summed E-state index contributed by atoms with van der Waals surface area (Å²) in [5.41, 5.74) is 0.625. The summed E-state index contributed by atoms with van der Waals surface area (Å²) in [6.45, 7) is 4.86. The zero-order valence-electron chi connectivity index (χ0n) is 26.2. The van der Waals surface area contributed by atoms with E-state index >= 15 is 0 Å². The van der Waals surface area contributed by atoms with E-state index in [0.717, 1.165) is 4.31 Å². The van der Waals surface area contributed by atoms with E-state index in [1.165, 1.54) is 56.6 Å². The van der Waals surface area contributed by atoms with Crippen LogP contribution in [0.3, 0.4) is 0 Å². The van der Waals surface area contributed by atoms with Crippen molar-refractivity contribution >= 4 is 50.7 Å². The lowest BCUT2D eigenvalue weighted by molar-refractivity contribution is -0.140. The second-order valence-corrected chi connectivity index (χ2v) is 12.9. The number of carbonyl (C=O) groups is 2. The van der Waals surface area contributed by atoms with Gasteiger partial charge in [0.2, 0.25) is 11.8 Å². The third-order valence-corrected chi connectivity index (χ3v) is 9.68. The van der Waals surface area contributed by atoms with Crippen molar-refractivity contribution in [2.75, 3.05) is 32.2 Å². The zero-order valence-corrected chi connectivity index (χ0v) is 28.5. The van der Waals surface area contributed by atoms with E-state index in [4.69, 9.17) is 37.4 Å². The molecule has 3 rings (SSSR count). The molecule has 0 aliphatic carbocycles. The summed E-state index contributed by atoms with van der Waals surface area (Å²) in [6, 6.07) is 14.5. The number of sulfonamides is 1. The smallest absolute Gasteiger partial charge is 0.265 e. The molecule has 0 radical (unpaired) electrons. The first kappa shape index (κ1) is 35.8. The van der Waals surface area contributed by atoms with E-state index in [9.17, 15) is 18.0 Å². The van der Waals surface area contributed by atoms with Crippen LogP contribution in [0, 0.1) is 0 Å². The van der Waals surface area contributed by atoms with Crippen LogP contribution in [0.4, 0.5) is 5.69 Å². The van der Waals surface area contributed by atoms with E-state index in [2.05, 4.69) is 5.32 Å². The quantitative estimate of drug-likeness (QED) is 0.212. The Labute approximate surface area is 275 Å². The maximum absolute atomic E-state index is 14.4. The van der Waals surface area contributed by atoms with Gasteiger partial charge >= 0.3 is 0 Å². The van der Waals surface area contributed by atoms with Gasteiger partial charge in [0.1, 0.15) is 18.3 Å². The number of amides is 2.